The number of nitrogens with zero attached hydrogens (tertiary/aromatic N) is 3. The smallest absolute Gasteiger partial charge is 0.268 e. The molecule has 0 spiro atoms. The standard InChI is InChI=1S/C14H24N4OS/c1-5-7-17(4)11-9-12(19)18(16-10-11)8-6-14(2,3)13(15)20/h9-10H,5-8H2,1-4H3,(H2,15,20). The van der Waals surface area contributed by atoms with E-state index in [0.29, 0.717) is 18.0 Å². The Morgan fingerprint density at radius 1 is 1.55 bits per heavy atom. The SMILES string of the molecule is CCCN(C)c1cnn(CCC(C)(C)C(N)=S)c(=O)c1. The Kier molecular flexibility index (Phi) is 5.68. The molecule has 0 fully saturated rings. The average molecular weight is 296 g/mol. The van der Waals surface area contributed by atoms with Crippen LogP contribution in [0.4, 0.5) is 5.69 Å². The molecule has 0 aliphatic carbocycles. The Morgan fingerprint density at radius 2 is 2.20 bits per heavy atom. The van der Waals surface area contributed by atoms with Crippen LogP contribution in [0.1, 0.15) is 33.6 Å². The van der Waals surface area contributed by atoms with Crippen LogP contribution in [0.3, 0.4) is 0 Å². The van der Waals surface area contributed by atoms with E-state index >= 15 is 0 Å². The minimum Gasteiger partial charge on any atom is -0.393 e. The third-order valence-electron chi connectivity index (χ3n) is 3.47. The first-order valence-electron chi connectivity index (χ1n) is 6.86. The van der Waals surface area contributed by atoms with E-state index in [-0.39, 0.29) is 11.0 Å². The number of anilines is 1. The van der Waals surface area contributed by atoms with Gasteiger partial charge in [0, 0.05) is 31.6 Å². The fourth-order valence-corrected chi connectivity index (χ4v) is 1.88. The van der Waals surface area contributed by atoms with Crippen molar-refractivity contribution >= 4 is 22.9 Å². The molecular weight excluding hydrogens is 272 g/mol. The molecule has 0 atom stereocenters. The summed E-state index contributed by atoms with van der Waals surface area (Å²) in [4.78, 5) is 14.5. The van der Waals surface area contributed by atoms with Gasteiger partial charge in [-0.05, 0) is 12.8 Å². The fraction of sp³-hybridized carbons (Fsp3) is 0.643. The molecule has 1 heterocycles. The molecule has 0 aliphatic heterocycles. The van der Waals surface area contributed by atoms with Crippen LogP contribution < -0.4 is 16.2 Å². The maximum atomic E-state index is 12.0. The summed E-state index contributed by atoms with van der Waals surface area (Å²) in [5, 5.41) is 4.22. The molecular formula is C14H24N4OS. The lowest BCUT2D eigenvalue weighted by Crippen LogP contribution is -2.33. The van der Waals surface area contributed by atoms with E-state index < -0.39 is 0 Å². The topological polar surface area (TPSA) is 64.2 Å². The zero-order valence-corrected chi connectivity index (χ0v) is 13.5. The monoisotopic (exact) mass is 296 g/mol. The molecule has 112 valence electrons. The van der Waals surface area contributed by atoms with Gasteiger partial charge in [-0.3, -0.25) is 4.79 Å². The van der Waals surface area contributed by atoms with Crippen LogP contribution in [0.25, 0.3) is 0 Å². The number of thiocarbonyl (C=S) groups is 1. The Morgan fingerprint density at radius 3 is 2.70 bits per heavy atom. The van der Waals surface area contributed by atoms with Crippen molar-refractivity contribution in [3.63, 3.8) is 0 Å². The summed E-state index contributed by atoms with van der Waals surface area (Å²) in [6, 6.07) is 1.62. The lowest BCUT2D eigenvalue weighted by molar-refractivity contribution is 0.409. The Hall–Kier alpha value is -1.43. The van der Waals surface area contributed by atoms with Gasteiger partial charge < -0.3 is 10.6 Å². The number of aryl methyl sites for hydroxylation is 1. The third-order valence-corrected chi connectivity index (χ3v) is 4.02. The van der Waals surface area contributed by atoms with E-state index in [0.717, 1.165) is 18.7 Å². The molecule has 1 aromatic heterocycles. The van der Waals surface area contributed by atoms with Crippen molar-refractivity contribution in [2.45, 2.75) is 40.2 Å². The van der Waals surface area contributed by atoms with E-state index in [1.165, 1.54) is 4.68 Å². The first kappa shape index (κ1) is 16.6. The van der Waals surface area contributed by atoms with Crippen LogP contribution >= 0.6 is 12.2 Å². The fourth-order valence-electron chi connectivity index (χ4n) is 1.77. The van der Waals surface area contributed by atoms with Gasteiger partial charge in [-0.1, -0.05) is 33.0 Å². The molecule has 0 saturated heterocycles. The second kappa shape index (κ2) is 6.83. The predicted octanol–water partition coefficient (Wildman–Crippen LogP) is 1.79. The van der Waals surface area contributed by atoms with Gasteiger partial charge >= 0.3 is 0 Å². The number of hydrogen-bond donors (Lipinski definition) is 1. The molecule has 0 unspecified atom stereocenters. The molecule has 1 aromatic rings. The maximum Gasteiger partial charge on any atom is 0.268 e. The Balaban J connectivity index is 2.79. The highest BCUT2D eigenvalue weighted by atomic mass is 32.1. The second-order valence-electron chi connectivity index (χ2n) is 5.69. The first-order valence-corrected chi connectivity index (χ1v) is 7.27. The summed E-state index contributed by atoms with van der Waals surface area (Å²) in [5.74, 6) is 0. The van der Waals surface area contributed by atoms with Crippen molar-refractivity contribution in [3.8, 4) is 0 Å². The van der Waals surface area contributed by atoms with Gasteiger partial charge in [-0.25, -0.2) is 4.68 Å². The van der Waals surface area contributed by atoms with Gasteiger partial charge in [0.05, 0.1) is 16.9 Å². The van der Waals surface area contributed by atoms with E-state index in [1.807, 2.05) is 25.8 Å². The van der Waals surface area contributed by atoms with Crippen molar-refractivity contribution in [2.24, 2.45) is 11.1 Å². The van der Waals surface area contributed by atoms with Crippen molar-refractivity contribution in [1.29, 1.82) is 0 Å². The first-order chi connectivity index (χ1) is 9.27. The van der Waals surface area contributed by atoms with Crippen LogP contribution in [0, 0.1) is 5.41 Å². The van der Waals surface area contributed by atoms with Crippen LogP contribution in [-0.4, -0.2) is 28.4 Å². The van der Waals surface area contributed by atoms with Gasteiger partial charge in [-0.2, -0.15) is 5.10 Å². The van der Waals surface area contributed by atoms with E-state index in [4.69, 9.17) is 18.0 Å². The second-order valence-corrected chi connectivity index (χ2v) is 6.13. The summed E-state index contributed by atoms with van der Waals surface area (Å²) in [6.07, 6.45) is 3.45. The normalized spacial score (nSPS) is 11.4. The summed E-state index contributed by atoms with van der Waals surface area (Å²) < 4.78 is 1.46. The van der Waals surface area contributed by atoms with E-state index in [1.54, 1.807) is 12.3 Å². The molecule has 5 nitrogen and oxygen atoms in total. The quantitative estimate of drug-likeness (QED) is 0.777. The summed E-state index contributed by atoms with van der Waals surface area (Å²) in [6.45, 7) is 7.47. The highest BCUT2D eigenvalue weighted by molar-refractivity contribution is 7.80. The molecule has 0 aliphatic rings. The summed E-state index contributed by atoms with van der Waals surface area (Å²) in [5.41, 5.74) is 6.17. The van der Waals surface area contributed by atoms with Crippen molar-refractivity contribution in [3.05, 3.63) is 22.6 Å². The molecule has 1 rings (SSSR count). The number of aromatic nitrogens is 2. The van der Waals surface area contributed by atoms with E-state index in [2.05, 4.69) is 12.0 Å². The molecule has 0 bridgehead atoms. The van der Waals surface area contributed by atoms with Gasteiger partial charge in [0.25, 0.3) is 5.56 Å². The van der Waals surface area contributed by atoms with Gasteiger partial charge in [0.2, 0.25) is 0 Å². The minimum atomic E-state index is -0.270. The highest BCUT2D eigenvalue weighted by Crippen LogP contribution is 2.21. The van der Waals surface area contributed by atoms with Crippen LogP contribution in [0.15, 0.2) is 17.1 Å². The minimum absolute atomic E-state index is 0.0933. The molecule has 0 aromatic carbocycles. The Bertz CT molecular complexity index is 524. The lowest BCUT2D eigenvalue weighted by Gasteiger charge is -2.23. The number of hydrogen-bond acceptors (Lipinski definition) is 4. The van der Waals surface area contributed by atoms with Crippen molar-refractivity contribution in [1.82, 2.24) is 9.78 Å². The van der Waals surface area contributed by atoms with Gasteiger partial charge in [0.15, 0.2) is 0 Å². The van der Waals surface area contributed by atoms with Crippen molar-refractivity contribution in [2.75, 3.05) is 18.5 Å². The van der Waals surface area contributed by atoms with Crippen LogP contribution in [0.5, 0.6) is 0 Å². The van der Waals surface area contributed by atoms with E-state index in [9.17, 15) is 4.79 Å². The molecule has 0 radical (unpaired) electrons. The molecule has 6 heteroatoms. The maximum absolute atomic E-state index is 12.0. The zero-order valence-electron chi connectivity index (χ0n) is 12.7. The average Bonchev–Trinajstić information content (AvgIpc) is 2.37. The van der Waals surface area contributed by atoms with Crippen LogP contribution in [-0.2, 0) is 6.54 Å². The van der Waals surface area contributed by atoms with Gasteiger partial charge in [0.1, 0.15) is 0 Å². The summed E-state index contributed by atoms with van der Waals surface area (Å²) in [7, 11) is 1.96. The highest BCUT2D eigenvalue weighted by Gasteiger charge is 2.21. The number of rotatable bonds is 7. The van der Waals surface area contributed by atoms with Crippen LogP contribution in [0.2, 0.25) is 0 Å². The molecule has 20 heavy (non-hydrogen) atoms. The molecule has 0 amide bonds. The molecule has 0 saturated carbocycles. The zero-order chi connectivity index (χ0) is 15.3. The largest absolute Gasteiger partial charge is 0.393 e. The molecule has 2 N–H and O–H groups in total. The summed E-state index contributed by atoms with van der Waals surface area (Å²) >= 11 is 5.03. The van der Waals surface area contributed by atoms with Gasteiger partial charge in [-0.15, -0.1) is 0 Å². The number of nitrogens with two attached hydrogens (primary N) is 1. The lowest BCUT2D eigenvalue weighted by atomic mass is 9.89. The van der Waals surface area contributed by atoms with Crippen molar-refractivity contribution < 1.29 is 0 Å². The third kappa shape index (κ3) is 4.30. The Labute approximate surface area is 125 Å². The predicted molar refractivity (Wildman–Crippen MR) is 87.2 cm³/mol.